The van der Waals surface area contributed by atoms with E-state index in [4.69, 9.17) is 0 Å². The van der Waals surface area contributed by atoms with Gasteiger partial charge in [0.2, 0.25) is 0 Å². The Kier molecular flexibility index (Phi) is 4.32. The molecular formula is C12H21N. The summed E-state index contributed by atoms with van der Waals surface area (Å²) in [6, 6.07) is 0.714. The minimum absolute atomic E-state index is 0.714. The highest BCUT2D eigenvalue weighted by atomic mass is 14.9. The van der Waals surface area contributed by atoms with Gasteiger partial charge in [-0.05, 0) is 31.6 Å². The van der Waals surface area contributed by atoms with Crippen molar-refractivity contribution in [2.45, 2.75) is 46.1 Å². The van der Waals surface area contributed by atoms with Crippen LogP contribution in [0.4, 0.5) is 0 Å². The standard InChI is InChI=1S/C12H21N/c1-4-6-9-13-12-8-7-11(5-2)10(12)3/h10-13H,5,7-9H2,1-3H3. The molecule has 1 heteroatoms. The number of hydrogen-bond donors (Lipinski definition) is 1. The Bertz CT molecular complexity index is 199. The predicted octanol–water partition coefficient (Wildman–Crippen LogP) is 2.42. The van der Waals surface area contributed by atoms with Gasteiger partial charge < -0.3 is 5.32 Å². The summed E-state index contributed by atoms with van der Waals surface area (Å²) >= 11 is 0. The summed E-state index contributed by atoms with van der Waals surface area (Å²) in [6.07, 6.45) is 4.07. The summed E-state index contributed by atoms with van der Waals surface area (Å²) in [6.45, 7) is 7.43. The van der Waals surface area contributed by atoms with E-state index >= 15 is 0 Å². The number of rotatable bonds is 3. The first-order chi connectivity index (χ1) is 6.29. The molecule has 0 heterocycles. The third-order valence-corrected chi connectivity index (χ3v) is 3.38. The maximum atomic E-state index is 3.52. The Hall–Kier alpha value is -0.480. The van der Waals surface area contributed by atoms with Crippen LogP contribution >= 0.6 is 0 Å². The zero-order chi connectivity index (χ0) is 9.68. The van der Waals surface area contributed by atoms with Crippen molar-refractivity contribution in [3.8, 4) is 11.8 Å². The zero-order valence-corrected chi connectivity index (χ0v) is 9.06. The van der Waals surface area contributed by atoms with Crippen molar-refractivity contribution in [2.75, 3.05) is 6.54 Å². The van der Waals surface area contributed by atoms with Gasteiger partial charge in [0.15, 0.2) is 0 Å². The normalized spacial score (nSPS) is 32.7. The zero-order valence-electron chi connectivity index (χ0n) is 9.06. The molecule has 3 unspecified atom stereocenters. The van der Waals surface area contributed by atoms with Crippen LogP contribution in [0.25, 0.3) is 0 Å². The molecule has 1 rings (SSSR count). The van der Waals surface area contributed by atoms with Gasteiger partial charge in [-0.2, -0.15) is 0 Å². The van der Waals surface area contributed by atoms with Crippen molar-refractivity contribution >= 4 is 0 Å². The van der Waals surface area contributed by atoms with Crippen LogP contribution < -0.4 is 5.32 Å². The second-order valence-corrected chi connectivity index (χ2v) is 4.02. The Morgan fingerprint density at radius 2 is 2.15 bits per heavy atom. The quantitative estimate of drug-likeness (QED) is 0.656. The lowest BCUT2D eigenvalue weighted by atomic mass is 9.93. The van der Waals surface area contributed by atoms with Crippen LogP contribution in [0.3, 0.4) is 0 Å². The Morgan fingerprint density at radius 1 is 1.38 bits per heavy atom. The van der Waals surface area contributed by atoms with E-state index in [2.05, 4.69) is 31.0 Å². The summed E-state index contributed by atoms with van der Waals surface area (Å²) in [5.41, 5.74) is 0. The first-order valence-corrected chi connectivity index (χ1v) is 5.42. The van der Waals surface area contributed by atoms with Crippen LogP contribution in [-0.2, 0) is 0 Å². The molecular weight excluding hydrogens is 158 g/mol. The first kappa shape index (κ1) is 10.6. The largest absolute Gasteiger partial charge is 0.303 e. The molecule has 1 nitrogen and oxygen atoms in total. The summed E-state index contributed by atoms with van der Waals surface area (Å²) in [7, 11) is 0. The van der Waals surface area contributed by atoms with E-state index in [0.717, 1.165) is 18.4 Å². The second-order valence-electron chi connectivity index (χ2n) is 4.02. The maximum Gasteiger partial charge on any atom is 0.0578 e. The van der Waals surface area contributed by atoms with Crippen molar-refractivity contribution in [3.05, 3.63) is 0 Å². The monoisotopic (exact) mass is 179 g/mol. The van der Waals surface area contributed by atoms with Crippen LogP contribution in [0.15, 0.2) is 0 Å². The molecule has 0 saturated heterocycles. The van der Waals surface area contributed by atoms with Crippen LogP contribution in [0.2, 0.25) is 0 Å². The minimum Gasteiger partial charge on any atom is -0.303 e. The van der Waals surface area contributed by atoms with Gasteiger partial charge in [0.1, 0.15) is 0 Å². The fourth-order valence-corrected chi connectivity index (χ4v) is 2.38. The van der Waals surface area contributed by atoms with Crippen molar-refractivity contribution < 1.29 is 0 Å². The maximum absolute atomic E-state index is 3.52. The summed E-state index contributed by atoms with van der Waals surface area (Å²) in [4.78, 5) is 0. The molecule has 1 aliphatic rings. The summed E-state index contributed by atoms with van der Waals surface area (Å²) in [5, 5.41) is 3.52. The molecule has 1 aliphatic carbocycles. The highest BCUT2D eigenvalue weighted by molar-refractivity contribution is 4.99. The van der Waals surface area contributed by atoms with Gasteiger partial charge in [-0.15, -0.1) is 5.92 Å². The number of hydrogen-bond acceptors (Lipinski definition) is 1. The van der Waals surface area contributed by atoms with Crippen LogP contribution in [0.1, 0.15) is 40.0 Å². The van der Waals surface area contributed by atoms with Gasteiger partial charge >= 0.3 is 0 Å². The molecule has 0 aromatic rings. The Labute approximate surface area is 82.3 Å². The highest BCUT2D eigenvalue weighted by Gasteiger charge is 2.30. The van der Waals surface area contributed by atoms with E-state index < -0.39 is 0 Å². The van der Waals surface area contributed by atoms with Crippen LogP contribution in [0, 0.1) is 23.7 Å². The number of nitrogens with one attached hydrogen (secondary N) is 1. The van der Waals surface area contributed by atoms with Crippen LogP contribution in [-0.4, -0.2) is 12.6 Å². The molecule has 0 radical (unpaired) electrons. The fourth-order valence-electron chi connectivity index (χ4n) is 2.38. The molecule has 1 N–H and O–H groups in total. The van der Waals surface area contributed by atoms with E-state index in [1.54, 1.807) is 0 Å². The third-order valence-electron chi connectivity index (χ3n) is 3.38. The molecule has 1 fully saturated rings. The van der Waals surface area contributed by atoms with Crippen molar-refractivity contribution in [1.82, 2.24) is 5.32 Å². The van der Waals surface area contributed by atoms with E-state index in [-0.39, 0.29) is 0 Å². The minimum atomic E-state index is 0.714. The molecule has 0 aromatic heterocycles. The summed E-state index contributed by atoms with van der Waals surface area (Å²) < 4.78 is 0. The SMILES string of the molecule is CC#CCNC1CCC(CC)C1C. The molecule has 74 valence electrons. The fraction of sp³-hybridized carbons (Fsp3) is 0.833. The lowest BCUT2D eigenvalue weighted by Crippen LogP contribution is -2.32. The topological polar surface area (TPSA) is 12.0 Å². The average Bonchev–Trinajstić information content (AvgIpc) is 2.48. The van der Waals surface area contributed by atoms with Gasteiger partial charge in [-0.3, -0.25) is 0 Å². The van der Waals surface area contributed by atoms with Crippen molar-refractivity contribution in [2.24, 2.45) is 11.8 Å². The molecule has 0 amide bonds. The van der Waals surface area contributed by atoms with Gasteiger partial charge in [0.25, 0.3) is 0 Å². The Balaban J connectivity index is 2.30. The van der Waals surface area contributed by atoms with Gasteiger partial charge in [0.05, 0.1) is 6.54 Å². The third kappa shape index (κ3) is 2.74. The molecule has 0 aromatic carbocycles. The second kappa shape index (κ2) is 5.29. The van der Waals surface area contributed by atoms with Crippen LogP contribution in [0.5, 0.6) is 0 Å². The van der Waals surface area contributed by atoms with E-state index in [0.29, 0.717) is 6.04 Å². The van der Waals surface area contributed by atoms with Gasteiger partial charge in [-0.25, -0.2) is 0 Å². The molecule has 1 saturated carbocycles. The molecule has 0 aliphatic heterocycles. The average molecular weight is 179 g/mol. The lowest BCUT2D eigenvalue weighted by molar-refractivity contribution is 0.353. The highest BCUT2D eigenvalue weighted by Crippen LogP contribution is 2.33. The van der Waals surface area contributed by atoms with E-state index in [1.165, 1.54) is 19.3 Å². The Morgan fingerprint density at radius 3 is 2.69 bits per heavy atom. The predicted molar refractivity (Wildman–Crippen MR) is 57.4 cm³/mol. The smallest absolute Gasteiger partial charge is 0.0578 e. The van der Waals surface area contributed by atoms with Gasteiger partial charge in [0, 0.05) is 6.04 Å². The lowest BCUT2D eigenvalue weighted by Gasteiger charge is -2.19. The molecule has 13 heavy (non-hydrogen) atoms. The van der Waals surface area contributed by atoms with Crippen molar-refractivity contribution in [3.63, 3.8) is 0 Å². The summed E-state index contributed by atoms with van der Waals surface area (Å²) in [5.74, 6) is 7.76. The van der Waals surface area contributed by atoms with E-state index in [1.807, 2.05) is 6.92 Å². The molecule has 0 spiro atoms. The molecule has 0 bridgehead atoms. The molecule has 3 atom stereocenters. The first-order valence-electron chi connectivity index (χ1n) is 5.42. The van der Waals surface area contributed by atoms with E-state index in [9.17, 15) is 0 Å². The van der Waals surface area contributed by atoms with Crippen molar-refractivity contribution in [1.29, 1.82) is 0 Å². The van der Waals surface area contributed by atoms with Gasteiger partial charge in [-0.1, -0.05) is 26.2 Å².